The Balaban J connectivity index is 3.61. The summed E-state index contributed by atoms with van der Waals surface area (Å²) in [4.78, 5) is 0. The fourth-order valence-corrected chi connectivity index (χ4v) is 0.763. The van der Waals surface area contributed by atoms with Gasteiger partial charge in [0.05, 0.1) is 12.1 Å². The van der Waals surface area contributed by atoms with Crippen molar-refractivity contribution in [2.45, 2.75) is 13.3 Å². The fourth-order valence-electron chi connectivity index (χ4n) is 0.350. The Morgan fingerprint density at radius 2 is 2.56 bits per heavy atom. The highest BCUT2D eigenvalue weighted by Gasteiger charge is 1.85. The molecule has 2 nitrogen and oxygen atoms in total. The third-order valence-electron chi connectivity index (χ3n) is 0.852. The van der Waals surface area contributed by atoms with E-state index in [1.54, 1.807) is 6.08 Å². The van der Waals surface area contributed by atoms with Crippen molar-refractivity contribution in [3.63, 3.8) is 0 Å². The number of rotatable bonds is 4. The normalized spacial score (nSPS) is 11.6. The molecule has 0 fully saturated rings. The van der Waals surface area contributed by atoms with Crippen LogP contribution < -0.4 is 4.72 Å². The van der Waals surface area contributed by atoms with Crippen LogP contribution in [0, 0.1) is 0 Å². The second-order valence-electron chi connectivity index (χ2n) is 1.44. The summed E-state index contributed by atoms with van der Waals surface area (Å²) in [6.07, 6.45) is 2.71. The molecule has 0 aromatic rings. The molecule has 1 N–H and O–H groups in total. The van der Waals surface area contributed by atoms with Gasteiger partial charge in [-0.3, -0.25) is 0 Å². The molecule has 0 heterocycles. The maximum Gasteiger partial charge on any atom is 0.0585 e. The monoisotopic (exact) mass is 144 g/mol. The molecule has 0 aromatic heterocycles. The molecule has 0 atom stereocenters. The van der Waals surface area contributed by atoms with E-state index >= 15 is 0 Å². The third-order valence-corrected chi connectivity index (χ3v) is 1.36. The Bertz CT molecular complexity index is 110. The maximum absolute atomic E-state index is 4.08. The van der Waals surface area contributed by atoms with Crippen LogP contribution in [0.2, 0.25) is 0 Å². The van der Waals surface area contributed by atoms with E-state index in [-0.39, 0.29) is 0 Å². The summed E-state index contributed by atoms with van der Waals surface area (Å²) in [5, 5.41) is 0. The van der Waals surface area contributed by atoms with Gasteiger partial charge >= 0.3 is 0 Å². The second kappa shape index (κ2) is 5.85. The molecule has 0 spiro atoms. The standard InChI is InChI=1S/C6H12N2S/c1-4-6(5-2)8-9-7-3/h4,7H,1,5H2,2-3H3. The zero-order chi connectivity index (χ0) is 7.11. The van der Waals surface area contributed by atoms with E-state index in [1.165, 1.54) is 12.1 Å². The van der Waals surface area contributed by atoms with Crippen molar-refractivity contribution < 1.29 is 0 Å². The first-order chi connectivity index (χ1) is 4.35. The van der Waals surface area contributed by atoms with Crippen molar-refractivity contribution >= 4 is 17.8 Å². The summed E-state index contributed by atoms with van der Waals surface area (Å²) in [5.74, 6) is 0. The van der Waals surface area contributed by atoms with Crippen molar-refractivity contribution in [3.05, 3.63) is 12.7 Å². The first-order valence-electron chi connectivity index (χ1n) is 2.87. The molecule has 0 amide bonds. The van der Waals surface area contributed by atoms with Gasteiger partial charge in [-0.15, -0.1) is 0 Å². The van der Waals surface area contributed by atoms with E-state index in [0.717, 1.165) is 12.1 Å². The van der Waals surface area contributed by atoms with E-state index in [9.17, 15) is 0 Å². The smallest absolute Gasteiger partial charge is 0.0585 e. The van der Waals surface area contributed by atoms with Crippen LogP contribution in [0.3, 0.4) is 0 Å². The van der Waals surface area contributed by atoms with Crippen LogP contribution in [0.25, 0.3) is 0 Å². The Hall–Kier alpha value is -0.280. The fraction of sp³-hybridized carbons (Fsp3) is 0.500. The zero-order valence-electron chi connectivity index (χ0n) is 5.85. The number of nitrogens with zero attached hydrogens (tertiary/aromatic N) is 1. The lowest BCUT2D eigenvalue weighted by atomic mass is 10.3. The zero-order valence-corrected chi connectivity index (χ0v) is 6.66. The van der Waals surface area contributed by atoms with Gasteiger partial charge in [-0.05, 0) is 19.5 Å². The van der Waals surface area contributed by atoms with Crippen molar-refractivity contribution in [1.82, 2.24) is 4.72 Å². The van der Waals surface area contributed by atoms with Crippen LogP contribution in [-0.4, -0.2) is 12.8 Å². The Morgan fingerprint density at radius 1 is 1.89 bits per heavy atom. The Morgan fingerprint density at radius 3 is 2.89 bits per heavy atom. The Labute approximate surface area is 60.7 Å². The van der Waals surface area contributed by atoms with Gasteiger partial charge in [-0.1, -0.05) is 13.5 Å². The van der Waals surface area contributed by atoms with E-state index in [0.29, 0.717) is 0 Å². The lowest BCUT2D eigenvalue weighted by molar-refractivity contribution is 1.27. The summed E-state index contributed by atoms with van der Waals surface area (Å²) in [5.41, 5.74) is 1.02. The minimum Gasteiger partial charge on any atom is -0.247 e. The lowest BCUT2D eigenvalue weighted by Gasteiger charge is -1.92. The molecule has 0 aromatic carbocycles. The maximum atomic E-state index is 4.08. The molecule has 0 unspecified atom stereocenters. The molecule has 3 heteroatoms. The van der Waals surface area contributed by atoms with Crippen LogP contribution in [0.15, 0.2) is 17.1 Å². The predicted octanol–water partition coefficient (Wildman–Crippen LogP) is 1.81. The predicted molar refractivity (Wildman–Crippen MR) is 44.6 cm³/mol. The summed E-state index contributed by atoms with van der Waals surface area (Å²) >= 11 is 1.33. The third kappa shape index (κ3) is 4.24. The summed E-state index contributed by atoms with van der Waals surface area (Å²) in [6.45, 7) is 5.67. The average Bonchev–Trinajstić information content (AvgIpc) is 1.91. The first-order valence-corrected chi connectivity index (χ1v) is 3.64. The molecule has 0 saturated carbocycles. The van der Waals surface area contributed by atoms with Gasteiger partial charge < -0.3 is 0 Å². The number of hydrogen-bond acceptors (Lipinski definition) is 3. The molecular formula is C6H12N2S. The summed E-state index contributed by atoms with van der Waals surface area (Å²) < 4.78 is 6.93. The Kier molecular flexibility index (Phi) is 5.67. The highest BCUT2D eigenvalue weighted by atomic mass is 32.2. The van der Waals surface area contributed by atoms with E-state index < -0.39 is 0 Å². The molecule has 0 aliphatic heterocycles. The van der Waals surface area contributed by atoms with E-state index in [4.69, 9.17) is 0 Å². The SMILES string of the molecule is C=CC(CC)=NSNC. The number of nitrogens with one attached hydrogen (secondary N) is 1. The molecule has 0 saturated heterocycles. The molecule has 9 heavy (non-hydrogen) atoms. The average molecular weight is 144 g/mol. The highest BCUT2D eigenvalue weighted by molar-refractivity contribution is 7.96. The minimum absolute atomic E-state index is 0.943. The van der Waals surface area contributed by atoms with Crippen LogP contribution in [0.1, 0.15) is 13.3 Å². The van der Waals surface area contributed by atoms with Crippen molar-refractivity contribution in [3.8, 4) is 0 Å². The van der Waals surface area contributed by atoms with Crippen LogP contribution in [0.5, 0.6) is 0 Å². The van der Waals surface area contributed by atoms with Crippen molar-refractivity contribution in [2.24, 2.45) is 4.40 Å². The molecule has 52 valence electrons. The molecule has 0 radical (unpaired) electrons. The van der Waals surface area contributed by atoms with Crippen molar-refractivity contribution in [2.75, 3.05) is 7.05 Å². The molecule has 0 aliphatic carbocycles. The largest absolute Gasteiger partial charge is 0.247 e. The van der Waals surface area contributed by atoms with Gasteiger partial charge in [-0.2, -0.15) is 0 Å². The van der Waals surface area contributed by atoms with Gasteiger partial charge in [0.25, 0.3) is 0 Å². The summed E-state index contributed by atoms with van der Waals surface area (Å²) in [7, 11) is 1.84. The lowest BCUT2D eigenvalue weighted by Crippen LogP contribution is -1.92. The van der Waals surface area contributed by atoms with Crippen LogP contribution in [0.4, 0.5) is 0 Å². The van der Waals surface area contributed by atoms with Crippen LogP contribution >= 0.6 is 12.1 Å². The van der Waals surface area contributed by atoms with E-state index in [1.807, 2.05) is 7.05 Å². The molecule has 0 rings (SSSR count). The minimum atomic E-state index is 0.943. The van der Waals surface area contributed by atoms with Gasteiger partial charge in [0.15, 0.2) is 0 Å². The van der Waals surface area contributed by atoms with Gasteiger partial charge in [0, 0.05) is 5.71 Å². The topological polar surface area (TPSA) is 24.4 Å². The molecule has 0 bridgehead atoms. The van der Waals surface area contributed by atoms with Gasteiger partial charge in [0.1, 0.15) is 0 Å². The number of hydrogen-bond donors (Lipinski definition) is 1. The molecule has 0 aliphatic rings. The van der Waals surface area contributed by atoms with Gasteiger partial charge in [-0.25, -0.2) is 9.12 Å². The van der Waals surface area contributed by atoms with Crippen molar-refractivity contribution in [1.29, 1.82) is 0 Å². The summed E-state index contributed by atoms with van der Waals surface area (Å²) in [6, 6.07) is 0. The van der Waals surface area contributed by atoms with E-state index in [2.05, 4.69) is 22.6 Å². The van der Waals surface area contributed by atoms with Crippen LogP contribution in [-0.2, 0) is 0 Å². The molecular weight excluding hydrogens is 132 g/mol. The van der Waals surface area contributed by atoms with Gasteiger partial charge in [0.2, 0.25) is 0 Å². The highest BCUT2D eigenvalue weighted by Crippen LogP contribution is 1.97. The first kappa shape index (κ1) is 8.72. The quantitative estimate of drug-likeness (QED) is 0.480. The second-order valence-corrected chi connectivity index (χ2v) is 2.21. The number of allylic oxidation sites excluding steroid dienone is 1.